The van der Waals surface area contributed by atoms with Crippen LogP contribution in [0.5, 0.6) is 5.75 Å². The highest BCUT2D eigenvalue weighted by Crippen LogP contribution is 2.45. The van der Waals surface area contributed by atoms with Crippen LogP contribution in [0.15, 0.2) is 36.7 Å². The minimum absolute atomic E-state index is 0.0378. The Hall–Kier alpha value is -3.43. The Kier molecular flexibility index (Phi) is 5.69. The lowest BCUT2D eigenvalue weighted by atomic mass is 9.73. The van der Waals surface area contributed by atoms with E-state index in [-0.39, 0.29) is 47.2 Å². The summed E-state index contributed by atoms with van der Waals surface area (Å²) in [5.74, 6) is -2.04. The van der Waals surface area contributed by atoms with Crippen LogP contribution in [0.4, 0.5) is 14.5 Å². The van der Waals surface area contributed by atoms with Gasteiger partial charge in [-0.25, -0.2) is 13.8 Å². The molecule has 2 unspecified atom stereocenters. The van der Waals surface area contributed by atoms with Gasteiger partial charge in [-0.1, -0.05) is 0 Å². The Morgan fingerprint density at radius 3 is 2.86 bits per heavy atom. The molecule has 186 valence electrons. The Labute approximate surface area is 206 Å². The molecule has 4 heterocycles. The zero-order valence-electron chi connectivity index (χ0n) is 19.5. The molecule has 1 aromatic carbocycles. The average Bonchev–Trinajstić information content (AvgIpc) is 2.85. The van der Waals surface area contributed by atoms with Crippen molar-refractivity contribution in [1.29, 1.82) is 0 Å². The number of rotatable bonds is 0. The lowest BCUT2D eigenvalue weighted by molar-refractivity contribution is 0.102. The first-order valence-corrected chi connectivity index (χ1v) is 12.2. The average molecular weight is 493 g/mol. The number of benzene rings is 1. The predicted octanol–water partition coefficient (Wildman–Crippen LogP) is 4.26. The molecule has 1 saturated carbocycles. The van der Waals surface area contributed by atoms with Crippen LogP contribution in [0, 0.1) is 17.6 Å². The van der Waals surface area contributed by atoms with Crippen LogP contribution in [0.1, 0.15) is 64.9 Å². The van der Waals surface area contributed by atoms with Crippen LogP contribution in [-0.4, -0.2) is 33.6 Å². The largest absolute Gasteiger partial charge is 0.490 e. The molecular weight excluding hydrogens is 466 g/mol. The zero-order chi connectivity index (χ0) is 25.0. The van der Waals surface area contributed by atoms with Gasteiger partial charge in [-0.15, -0.1) is 0 Å². The molecule has 2 aromatic heterocycles. The standard InChI is InChI=1S/C27H26F2N4O3/c28-19-1-2-20-27(35)33-21-12-31-5-3-17(21)14-7-13(9-16(30)10-14)8-15-11-18-22(34)4-6-36-26(18)24(29)23(15)25(19)32-20/h1-3,5,11-14,16,22,34H,4,6-10,30H2,(H,33,35)/t13-,14?,16+,22?/m1/s1. The molecule has 7 nitrogen and oxygen atoms in total. The number of fused-ring (bicyclic) bond motifs is 9. The molecule has 3 aromatic rings. The lowest BCUT2D eigenvalue weighted by Gasteiger charge is -2.35. The Morgan fingerprint density at radius 1 is 1.14 bits per heavy atom. The first kappa shape index (κ1) is 23.0. The van der Waals surface area contributed by atoms with Crippen molar-refractivity contribution < 1.29 is 23.4 Å². The van der Waals surface area contributed by atoms with Crippen molar-refractivity contribution in [2.45, 2.75) is 50.2 Å². The monoisotopic (exact) mass is 492 g/mol. The third-order valence-electron chi connectivity index (χ3n) is 7.54. The number of halogens is 2. The van der Waals surface area contributed by atoms with E-state index >= 15 is 8.78 Å². The summed E-state index contributed by atoms with van der Waals surface area (Å²) in [6.07, 6.45) is 5.37. The second-order valence-corrected chi connectivity index (χ2v) is 9.97. The van der Waals surface area contributed by atoms with E-state index in [1.165, 1.54) is 6.07 Å². The molecule has 36 heavy (non-hydrogen) atoms. The molecule has 2 aliphatic heterocycles. The molecular formula is C27H26F2N4O3. The third kappa shape index (κ3) is 3.92. The fourth-order valence-electron chi connectivity index (χ4n) is 5.96. The Balaban J connectivity index is 1.58. The van der Waals surface area contributed by atoms with Crippen molar-refractivity contribution in [1.82, 2.24) is 9.97 Å². The summed E-state index contributed by atoms with van der Waals surface area (Å²) in [4.78, 5) is 21.6. The molecule has 1 aliphatic carbocycles. The highest BCUT2D eigenvalue weighted by Gasteiger charge is 2.34. The number of hydrogen-bond donors (Lipinski definition) is 3. The number of hydrogen-bond acceptors (Lipinski definition) is 6. The maximum Gasteiger partial charge on any atom is 0.274 e. The highest BCUT2D eigenvalue weighted by molar-refractivity contribution is 6.03. The van der Waals surface area contributed by atoms with Gasteiger partial charge < -0.3 is 20.9 Å². The van der Waals surface area contributed by atoms with Gasteiger partial charge >= 0.3 is 0 Å². The molecule has 4 N–H and O–H groups in total. The molecule has 9 heteroatoms. The van der Waals surface area contributed by atoms with Crippen LogP contribution in [0.25, 0.3) is 11.3 Å². The van der Waals surface area contributed by atoms with Crippen molar-refractivity contribution in [2.24, 2.45) is 11.7 Å². The quantitative estimate of drug-likeness (QED) is 0.433. The molecule has 4 bridgehead atoms. The second-order valence-electron chi connectivity index (χ2n) is 9.97. The number of aliphatic hydroxyl groups is 1. The molecule has 0 spiro atoms. The minimum Gasteiger partial charge on any atom is -0.490 e. The second kappa shape index (κ2) is 8.90. The molecule has 0 saturated heterocycles. The van der Waals surface area contributed by atoms with Gasteiger partial charge in [0.25, 0.3) is 5.91 Å². The maximum atomic E-state index is 16.0. The number of aliphatic hydroxyl groups excluding tert-OH is 1. The smallest absolute Gasteiger partial charge is 0.274 e. The number of carbonyl (C=O) groups excluding carboxylic acids is 1. The van der Waals surface area contributed by atoms with Crippen LogP contribution in [0.3, 0.4) is 0 Å². The van der Waals surface area contributed by atoms with Crippen LogP contribution >= 0.6 is 0 Å². The number of nitrogens with two attached hydrogens (primary N) is 1. The molecule has 1 amide bonds. The number of carbonyl (C=O) groups is 1. The van der Waals surface area contributed by atoms with E-state index in [0.29, 0.717) is 29.7 Å². The molecule has 4 atom stereocenters. The topological polar surface area (TPSA) is 110 Å². The van der Waals surface area contributed by atoms with E-state index in [1.807, 2.05) is 6.07 Å². The highest BCUT2D eigenvalue weighted by atomic mass is 19.1. The van der Waals surface area contributed by atoms with Gasteiger partial charge in [0.15, 0.2) is 11.6 Å². The number of ether oxygens (including phenoxy) is 1. The van der Waals surface area contributed by atoms with Crippen molar-refractivity contribution in [2.75, 3.05) is 11.9 Å². The number of nitrogens with zero attached hydrogens (tertiary/aromatic N) is 2. The number of amides is 1. The number of pyridine rings is 2. The summed E-state index contributed by atoms with van der Waals surface area (Å²) in [5, 5.41) is 13.4. The van der Waals surface area contributed by atoms with Gasteiger partial charge in [-0.05, 0) is 72.9 Å². The minimum atomic E-state index is -0.881. The van der Waals surface area contributed by atoms with Gasteiger partial charge in [-0.3, -0.25) is 9.78 Å². The Bertz CT molecular complexity index is 1370. The Morgan fingerprint density at radius 2 is 2.00 bits per heavy atom. The molecule has 0 radical (unpaired) electrons. The van der Waals surface area contributed by atoms with Gasteiger partial charge in [-0.2, -0.15) is 0 Å². The van der Waals surface area contributed by atoms with E-state index in [2.05, 4.69) is 15.3 Å². The summed E-state index contributed by atoms with van der Waals surface area (Å²) in [7, 11) is 0. The number of aromatic nitrogens is 2. The van der Waals surface area contributed by atoms with Crippen molar-refractivity contribution in [3.63, 3.8) is 0 Å². The number of anilines is 1. The summed E-state index contributed by atoms with van der Waals surface area (Å²) in [6, 6.07) is 5.89. The summed E-state index contributed by atoms with van der Waals surface area (Å²) >= 11 is 0. The van der Waals surface area contributed by atoms with Crippen molar-refractivity contribution >= 4 is 11.6 Å². The first-order valence-electron chi connectivity index (χ1n) is 12.2. The fourth-order valence-corrected chi connectivity index (χ4v) is 5.96. The van der Waals surface area contributed by atoms with Crippen LogP contribution in [0.2, 0.25) is 0 Å². The van der Waals surface area contributed by atoms with Crippen molar-refractivity contribution in [3.8, 4) is 17.0 Å². The van der Waals surface area contributed by atoms with E-state index in [0.717, 1.165) is 30.9 Å². The molecule has 6 rings (SSSR count). The van der Waals surface area contributed by atoms with E-state index < -0.39 is 23.6 Å². The van der Waals surface area contributed by atoms with Crippen LogP contribution in [-0.2, 0) is 6.42 Å². The first-order chi connectivity index (χ1) is 17.4. The summed E-state index contributed by atoms with van der Waals surface area (Å²) < 4.78 is 36.8. The van der Waals surface area contributed by atoms with Gasteiger partial charge in [0, 0.05) is 29.8 Å². The van der Waals surface area contributed by atoms with E-state index in [4.69, 9.17) is 10.5 Å². The lowest BCUT2D eigenvalue weighted by Crippen LogP contribution is -2.33. The van der Waals surface area contributed by atoms with Gasteiger partial charge in [0.05, 0.1) is 24.6 Å². The number of nitrogens with one attached hydrogen (secondary N) is 1. The van der Waals surface area contributed by atoms with Gasteiger partial charge in [0.1, 0.15) is 17.2 Å². The SMILES string of the molecule is N[C@@H]1CC2C[C@H](Cc3cc4c(c(F)c3-c3nc(ccc3F)C(=O)Nc3cnccc32)OCCC4O)C1. The van der Waals surface area contributed by atoms with Crippen molar-refractivity contribution in [3.05, 3.63) is 70.7 Å². The van der Waals surface area contributed by atoms with E-state index in [9.17, 15) is 9.90 Å². The predicted molar refractivity (Wildman–Crippen MR) is 129 cm³/mol. The molecule has 1 fully saturated rings. The zero-order valence-corrected chi connectivity index (χ0v) is 19.5. The normalized spacial score (nSPS) is 25.1. The summed E-state index contributed by atoms with van der Waals surface area (Å²) in [6.45, 7) is 0.147. The van der Waals surface area contributed by atoms with Gasteiger partial charge in [0.2, 0.25) is 0 Å². The third-order valence-corrected chi connectivity index (χ3v) is 7.54. The van der Waals surface area contributed by atoms with Crippen LogP contribution < -0.4 is 15.8 Å². The fraction of sp³-hybridized carbons (Fsp3) is 0.370. The van der Waals surface area contributed by atoms with E-state index in [1.54, 1.807) is 18.5 Å². The molecule has 3 aliphatic rings. The maximum absolute atomic E-state index is 16.0. The summed E-state index contributed by atoms with van der Waals surface area (Å²) in [5.41, 5.74) is 8.48.